The van der Waals surface area contributed by atoms with Crippen molar-refractivity contribution in [1.29, 1.82) is 0 Å². The van der Waals surface area contributed by atoms with E-state index >= 15 is 0 Å². The summed E-state index contributed by atoms with van der Waals surface area (Å²) in [5.41, 5.74) is 6.59. The molecule has 0 aromatic heterocycles. The molecule has 0 radical (unpaired) electrons. The molecule has 0 bridgehead atoms. The third-order valence-electron chi connectivity index (χ3n) is 3.02. The van der Waals surface area contributed by atoms with E-state index in [1.807, 2.05) is 0 Å². The smallest absolute Gasteiger partial charge is 0.262 e. The standard InChI is InChI=1S/C14H14ClFN2O2S/c1-8-5-10(15)3-4-13(8)18-21(19,20)14-7-12(17)11(16)6-9(14)2/h3-7,18H,17H2,1-2H3. The summed E-state index contributed by atoms with van der Waals surface area (Å²) >= 11 is 5.83. The Kier molecular flexibility index (Phi) is 4.11. The van der Waals surface area contributed by atoms with Crippen LogP contribution in [0.2, 0.25) is 5.02 Å². The van der Waals surface area contributed by atoms with Crippen LogP contribution in [-0.4, -0.2) is 8.42 Å². The third-order valence-corrected chi connectivity index (χ3v) is 4.76. The first-order valence-corrected chi connectivity index (χ1v) is 7.91. The lowest BCUT2D eigenvalue weighted by Gasteiger charge is -2.13. The molecule has 0 amide bonds. The van der Waals surface area contributed by atoms with Crippen molar-refractivity contribution < 1.29 is 12.8 Å². The highest BCUT2D eigenvalue weighted by atomic mass is 35.5. The molecule has 0 aliphatic carbocycles. The van der Waals surface area contributed by atoms with Gasteiger partial charge >= 0.3 is 0 Å². The summed E-state index contributed by atoms with van der Waals surface area (Å²) < 4.78 is 40.6. The SMILES string of the molecule is Cc1cc(Cl)ccc1NS(=O)(=O)c1cc(N)c(F)cc1C. The van der Waals surface area contributed by atoms with Gasteiger partial charge in [-0.1, -0.05) is 11.6 Å². The predicted molar refractivity (Wildman–Crippen MR) is 82.5 cm³/mol. The molecule has 0 aliphatic heterocycles. The quantitative estimate of drug-likeness (QED) is 0.847. The second kappa shape index (κ2) is 5.54. The molecule has 2 aromatic rings. The molecule has 0 fully saturated rings. The second-order valence-electron chi connectivity index (χ2n) is 4.70. The lowest BCUT2D eigenvalue weighted by molar-refractivity contribution is 0.599. The molecule has 112 valence electrons. The number of halogens is 2. The molecular weight excluding hydrogens is 315 g/mol. The van der Waals surface area contributed by atoms with Crippen LogP contribution < -0.4 is 10.5 Å². The number of nitrogens with two attached hydrogens (primary N) is 1. The van der Waals surface area contributed by atoms with E-state index in [1.165, 1.54) is 6.92 Å². The lowest BCUT2D eigenvalue weighted by Crippen LogP contribution is -2.15. The highest BCUT2D eigenvalue weighted by Crippen LogP contribution is 2.26. The molecule has 0 saturated heterocycles. The minimum Gasteiger partial charge on any atom is -0.396 e. The van der Waals surface area contributed by atoms with Gasteiger partial charge in [0.1, 0.15) is 5.82 Å². The first-order chi connectivity index (χ1) is 9.70. The Morgan fingerprint density at radius 2 is 1.81 bits per heavy atom. The molecule has 2 rings (SSSR count). The van der Waals surface area contributed by atoms with Crippen LogP contribution in [0.1, 0.15) is 11.1 Å². The van der Waals surface area contributed by atoms with Crippen molar-refractivity contribution in [2.24, 2.45) is 0 Å². The highest BCUT2D eigenvalue weighted by molar-refractivity contribution is 7.92. The molecule has 4 nitrogen and oxygen atoms in total. The van der Waals surface area contributed by atoms with Crippen LogP contribution in [0.3, 0.4) is 0 Å². The number of nitrogen functional groups attached to an aromatic ring is 1. The number of benzene rings is 2. The first-order valence-electron chi connectivity index (χ1n) is 6.05. The fourth-order valence-corrected chi connectivity index (χ4v) is 3.52. The van der Waals surface area contributed by atoms with Crippen molar-refractivity contribution in [2.45, 2.75) is 18.7 Å². The van der Waals surface area contributed by atoms with Gasteiger partial charge in [-0.15, -0.1) is 0 Å². The number of hydrogen-bond donors (Lipinski definition) is 2. The maximum absolute atomic E-state index is 13.3. The zero-order valence-corrected chi connectivity index (χ0v) is 13.0. The summed E-state index contributed by atoms with van der Waals surface area (Å²) in [7, 11) is -3.86. The highest BCUT2D eigenvalue weighted by Gasteiger charge is 2.19. The van der Waals surface area contributed by atoms with Crippen LogP contribution in [0, 0.1) is 19.7 Å². The minimum atomic E-state index is -3.86. The number of hydrogen-bond acceptors (Lipinski definition) is 3. The number of rotatable bonds is 3. The first kappa shape index (κ1) is 15.6. The van der Waals surface area contributed by atoms with Gasteiger partial charge in [0.15, 0.2) is 0 Å². The van der Waals surface area contributed by atoms with Crippen molar-refractivity contribution in [3.8, 4) is 0 Å². The van der Waals surface area contributed by atoms with Gasteiger partial charge in [0.2, 0.25) is 0 Å². The Balaban J connectivity index is 2.46. The van der Waals surface area contributed by atoms with Crippen molar-refractivity contribution in [2.75, 3.05) is 10.5 Å². The average molecular weight is 329 g/mol. The zero-order chi connectivity index (χ0) is 15.8. The monoisotopic (exact) mass is 328 g/mol. The van der Waals surface area contributed by atoms with E-state index in [-0.39, 0.29) is 16.1 Å². The predicted octanol–water partition coefficient (Wildman–Crippen LogP) is 3.48. The summed E-state index contributed by atoms with van der Waals surface area (Å²) in [5, 5.41) is 0.512. The summed E-state index contributed by atoms with van der Waals surface area (Å²) in [6.07, 6.45) is 0. The van der Waals surface area contributed by atoms with Crippen LogP contribution in [0.4, 0.5) is 15.8 Å². The molecular formula is C14H14ClFN2O2S. The Morgan fingerprint density at radius 1 is 1.14 bits per heavy atom. The summed E-state index contributed by atoms with van der Waals surface area (Å²) in [5.74, 6) is -0.644. The summed E-state index contributed by atoms with van der Waals surface area (Å²) in [6, 6.07) is 7.00. The summed E-state index contributed by atoms with van der Waals surface area (Å²) in [6.45, 7) is 3.24. The zero-order valence-electron chi connectivity index (χ0n) is 11.4. The summed E-state index contributed by atoms with van der Waals surface area (Å²) in [4.78, 5) is -0.0595. The van der Waals surface area contributed by atoms with Crippen molar-refractivity contribution in [3.05, 3.63) is 52.3 Å². The molecule has 0 saturated carbocycles. The number of aryl methyl sites for hydroxylation is 2. The molecule has 0 aliphatic rings. The van der Waals surface area contributed by atoms with Gasteiger partial charge in [-0.25, -0.2) is 12.8 Å². The van der Waals surface area contributed by atoms with Crippen LogP contribution in [0.15, 0.2) is 35.2 Å². The number of anilines is 2. The minimum absolute atomic E-state index is 0.0595. The Labute approximate surface area is 127 Å². The lowest BCUT2D eigenvalue weighted by atomic mass is 10.2. The normalized spacial score (nSPS) is 11.4. The van der Waals surface area contributed by atoms with Gasteiger partial charge in [0.25, 0.3) is 10.0 Å². The fraction of sp³-hybridized carbons (Fsp3) is 0.143. The van der Waals surface area contributed by atoms with E-state index in [0.29, 0.717) is 16.3 Å². The van der Waals surface area contributed by atoms with Crippen molar-refractivity contribution in [3.63, 3.8) is 0 Å². The van der Waals surface area contributed by atoms with Crippen LogP contribution >= 0.6 is 11.6 Å². The largest absolute Gasteiger partial charge is 0.396 e. The molecule has 0 heterocycles. The van der Waals surface area contributed by atoms with Gasteiger partial charge in [0, 0.05) is 5.02 Å². The molecule has 0 spiro atoms. The Bertz CT molecular complexity index is 807. The molecule has 2 aromatic carbocycles. The van der Waals surface area contributed by atoms with E-state index < -0.39 is 15.8 Å². The van der Waals surface area contributed by atoms with Gasteiger partial charge in [-0.3, -0.25) is 4.72 Å². The van der Waals surface area contributed by atoms with Gasteiger partial charge in [-0.2, -0.15) is 0 Å². The molecule has 7 heteroatoms. The van der Waals surface area contributed by atoms with E-state index in [1.54, 1.807) is 25.1 Å². The van der Waals surface area contributed by atoms with E-state index in [2.05, 4.69) is 4.72 Å². The van der Waals surface area contributed by atoms with Gasteiger partial charge < -0.3 is 5.73 Å². The van der Waals surface area contributed by atoms with Gasteiger partial charge in [-0.05, 0) is 55.3 Å². The maximum atomic E-state index is 13.3. The van der Waals surface area contributed by atoms with Gasteiger partial charge in [0.05, 0.1) is 16.3 Å². The van der Waals surface area contributed by atoms with E-state index in [0.717, 1.165) is 12.1 Å². The maximum Gasteiger partial charge on any atom is 0.262 e. The average Bonchev–Trinajstić information content (AvgIpc) is 2.37. The topological polar surface area (TPSA) is 72.2 Å². The molecule has 21 heavy (non-hydrogen) atoms. The Hall–Kier alpha value is -1.79. The number of nitrogens with one attached hydrogen (secondary N) is 1. The van der Waals surface area contributed by atoms with Crippen molar-refractivity contribution >= 4 is 33.0 Å². The third kappa shape index (κ3) is 3.28. The van der Waals surface area contributed by atoms with Crippen LogP contribution in [0.25, 0.3) is 0 Å². The van der Waals surface area contributed by atoms with Crippen LogP contribution in [0.5, 0.6) is 0 Å². The van der Waals surface area contributed by atoms with Crippen molar-refractivity contribution in [1.82, 2.24) is 0 Å². The van der Waals surface area contributed by atoms with E-state index in [9.17, 15) is 12.8 Å². The fourth-order valence-electron chi connectivity index (χ4n) is 1.90. The molecule has 0 atom stereocenters. The second-order valence-corrected chi connectivity index (χ2v) is 6.79. The molecule has 3 N–H and O–H groups in total. The van der Waals surface area contributed by atoms with E-state index in [4.69, 9.17) is 17.3 Å². The Morgan fingerprint density at radius 3 is 2.43 bits per heavy atom. The molecule has 0 unspecified atom stereocenters. The van der Waals surface area contributed by atoms with Crippen LogP contribution in [-0.2, 0) is 10.0 Å². The number of sulfonamides is 1.